The maximum atomic E-state index is 5.31. The predicted octanol–water partition coefficient (Wildman–Crippen LogP) is 4.20. The van der Waals surface area contributed by atoms with Gasteiger partial charge in [0.1, 0.15) is 5.75 Å². The van der Waals surface area contributed by atoms with E-state index in [0.717, 1.165) is 5.75 Å². The van der Waals surface area contributed by atoms with Gasteiger partial charge >= 0.3 is 0 Å². The van der Waals surface area contributed by atoms with Crippen molar-refractivity contribution in [2.75, 3.05) is 7.11 Å². The first kappa shape index (κ1) is 15.5. The second-order valence-corrected chi connectivity index (χ2v) is 3.29. The van der Waals surface area contributed by atoms with Crippen molar-refractivity contribution in [3.05, 3.63) is 28.3 Å². The zero-order valence-electron chi connectivity index (χ0n) is 8.49. The molecule has 0 N–H and O–H groups in total. The lowest BCUT2D eigenvalue weighted by atomic mass is 10.00. The van der Waals surface area contributed by atoms with Gasteiger partial charge in [-0.3, -0.25) is 0 Å². The smallest absolute Gasteiger partial charge is 0.124 e. The predicted molar refractivity (Wildman–Crippen MR) is 65.4 cm³/mol. The zero-order chi connectivity index (χ0) is 9.30. The first-order valence-electron chi connectivity index (χ1n) is 4.19. The highest BCUT2D eigenvalue weighted by atomic mass is 16.5. The lowest BCUT2D eigenvalue weighted by molar-refractivity contribution is 0.408. The van der Waals surface area contributed by atoms with Crippen LogP contribution in [0.4, 0.5) is 0 Å². The second-order valence-electron chi connectivity index (χ2n) is 3.29. The molecule has 0 saturated heterocycles. The van der Waals surface area contributed by atoms with E-state index in [1.165, 1.54) is 22.3 Å². The van der Waals surface area contributed by atoms with Gasteiger partial charge in [-0.1, -0.05) is 20.9 Å². The number of benzene rings is 1. The number of hydrogen-bond donors (Lipinski definition) is 0. The summed E-state index contributed by atoms with van der Waals surface area (Å²) in [6.07, 6.45) is 0. The SMILES string of the molecule is C.C.COc1c(C)cc(C)c(C)c1C. The Bertz CT molecular complexity index is 301. The third-order valence-electron chi connectivity index (χ3n) is 2.49. The quantitative estimate of drug-likeness (QED) is 0.654. The maximum absolute atomic E-state index is 5.31. The van der Waals surface area contributed by atoms with Crippen LogP contribution >= 0.6 is 0 Å². The highest BCUT2D eigenvalue weighted by Gasteiger charge is 2.06. The molecule has 0 aliphatic rings. The Balaban J connectivity index is 0. The minimum absolute atomic E-state index is 0. The molecular weight excluding hydrogens is 172 g/mol. The first-order chi connectivity index (χ1) is 5.57. The average Bonchev–Trinajstić information content (AvgIpc) is 2.01. The summed E-state index contributed by atoms with van der Waals surface area (Å²) in [6, 6.07) is 2.17. The minimum Gasteiger partial charge on any atom is -0.496 e. The van der Waals surface area contributed by atoms with Crippen molar-refractivity contribution < 1.29 is 4.74 Å². The molecule has 1 aromatic carbocycles. The van der Waals surface area contributed by atoms with Gasteiger partial charge in [-0.15, -0.1) is 0 Å². The number of aryl methyl sites for hydroxylation is 2. The van der Waals surface area contributed by atoms with Crippen LogP contribution < -0.4 is 4.74 Å². The van der Waals surface area contributed by atoms with Gasteiger partial charge < -0.3 is 4.74 Å². The largest absolute Gasteiger partial charge is 0.496 e. The highest BCUT2D eigenvalue weighted by Crippen LogP contribution is 2.27. The van der Waals surface area contributed by atoms with Crippen molar-refractivity contribution in [3.63, 3.8) is 0 Å². The van der Waals surface area contributed by atoms with Crippen molar-refractivity contribution in [2.24, 2.45) is 0 Å². The Morgan fingerprint density at radius 3 is 1.79 bits per heavy atom. The van der Waals surface area contributed by atoms with E-state index in [4.69, 9.17) is 4.74 Å². The van der Waals surface area contributed by atoms with Crippen molar-refractivity contribution in [3.8, 4) is 5.75 Å². The van der Waals surface area contributed by atoms with Gasteiger partial charge in [0.15, 0.2) is 0 Å². The fraction of sp³-hybridized carbons (Fsp3) is 0.538. The summed E-state index contributed by atoms with van der Waals surface area (Å²) < 4.78 is 5.31. The van der Waals surface area contributed by atoms with E-state index in [-0.39, 0.29) is 14.9 Å². The fourth-order valence-corrected chi connectivity index (χ4v) is 1.57. The molecule has 0 aliphatic carbocycles. The van der Waals surface area contributed by atoms with Crippen LogP contribution in [-0.4, -0.2) is 7.11 Å². The van der Waals surface area contributed by atoms with Crippen LogP contribution in [0.5, 0.6) is 5.75 Å². The normalized spacial score (nSPS) is 8.64. The second kappa shape index (κ2) is 5.69. The molecule has 0 aromatic heterocycles. The molecule has 0 bridgehead atoms. The van der Waals surface area contributed by atoms with Crippen LogP contribution in [0.3, 0.4) is 0 Å². The molecule has 0 heterocycles. The van der Waals surface area contributed by atoms with Crippen LogP contribution in [-0.2, 0) is 0 Å². The molecular formula is C13H24O. The number of hydrogen-bond acceptors (Lipinski definition) is 1. The molecule has 1 rings (SSSR count). The van der Waals surface area contributed by atoms with E-state index < -0.39 is 0 Å². The Labute approximate surface area is 89.1 Å². The van der Waals surface area contributed by atoms with E-state index in [9.17, 15) is 0 Å². The number of rotatable bonds is 1. The molecule has 0 radical (unpaired) electrons. The van der Waals surface area contributed by atoms with E-state index in [0.29, 0.717) is 0 Å². The van der Waals surface area contributed by atoms with Gasteiger partial charge in [-0.05, 0) is 49.9 Å². The summed E-state index contributed by atoms with van der Waals surface area (Å²) in [5.74, 6) is 1.03. The Morgan fingerprint density at radius 1 is 0.857 bits per heavy atom. The molecule has 0 spiro atoms. The topological polar surface area (TPSA) is 9.23 Å². The molecule has 0 unspecified atom stereocenters. The molecule has 1 nitrogen and oxygen atoms in total. The van der Waals surface area contributed by atoms with Gasteiger partial charge in [-0.25, -0.2) is 0 Å². The van der Waals surface area contributed by atoms with E-state index in [1.54, 1.807) is 7.11 Å². The Kier molecular flexibility index (Phi) is 6.29. The van der Waals surface area contributed by atoms with Crippen LogP contribution in [0.15, 0.2) is 6.07 Å². The molecule has 0 atom stereocenters. The van der Waals surface area contributed by atoms with Crippen molar-refractivity contribution in [2.45, 2.75) is 42.5 Å². The average molecular weight is 196 g/mol. The highest BCUT2D eigenvalue weighted by molar-refractivity contribution is 5.48. The van der Waals surface area contributed by atoms with Gasteiger partial charge in [0, 0.05) is 0 Å². The molecule has 1 aromatic rings. The summed E-state index contributed by atoms with van der Waals surface area (Å²) >= 11 is 0. The van der Waals surface area contributed by atoms with Crippen molar-refractivity contribution in [1.82, 2.24) is 0 Å². The molecule has 0 amide bonds. The minimum atomic E-state index is 0. The number of ether oxygens (including phenoxy) is 1. The Morgan fingerprint density at radius 2 is 1.36 bits per heavy atom. The molecule has 0 saturated carbocycles. The van der Waals surface area contributed by atoms with E-state index >= 15 is 0 Å². The molecule has 0 fully saturated rings. The summed E-state index contributed by atoms with van der Waals surface area (Å²) in [4.78, 5) is 0. The lowest BCUT2D eigenvalue weighted by Gasteiger charge is -2.12. The van der Waals surface area contributed by atoms with E-state index in [2.05, 4.69) is 33.8 Å². The summed E-state index contributed by atoms with van der Waals surface area (Å²) in [5, 5.41) is 0. The third kappa shape index (κ3) is 2.50. The molecule has 14 heavy (non-hydrogen) atoms. The summed E-state index contributed by atoms with van der Waals surface area (Å²) in [7, 11) is 1.73. The van der Waals surface area contributed by atoms with Gasteiger partial charge in [0.25, 0.3) is 0 Å². The zero-order valence-corrected chi connectivity index (χ0v) is 8.49. The molecule has 82 valence electrons. The lowest BCUT2D eigenvalue weighted by Crippen LogP contribution is -1.95. The van der Waals surface area contributed by atoms with Gasteiger partial charge in [0.2, 0.25) is 0 Å². The first-order valence-corrected chi connectivity index (χ1v) is 4.19. The van der Waals surface area contributed by atoms with E-state index in [1.807, 2.05) is 0 Å². The molecule has 0 aliphatic heterocycles. The summed E-state index contributed by atoms with van der Waals surface area (Å²) in [6.45, 7) is 8.45. The van der Waals surface area contributed by atoms with Crippen LogP contribution in [0, 0.1) is 27.7 Å². The van der Waals surface area contributed by atoms with Gasteiger partial charge in [-0.2, -0.15) is 0 Å². The summed E-state index contributed by atoms with van der Waals surface area (Å²) in [5.41, 5.74) is 5.15. The van der Waals surface area contributed by atoms with Gasteiger partial charge in [0.05, 0.1) is 7.11 Å². The third-order valence-corrected chi connectivity index (χ3v) is 2.49. The maximum Gasteiger partial charge on any atom is 0.124 e. The van der Waals surface area contributed by atoms with Crippen LogP contribution in [0.1, 0.15) is 37.1 Å². The molecule has 1 heteroatoms. The van der Waals surface area contributed by atoms with Crippen molar-refractivity contribution in [1.29, 1.82) is 0 Å². The monoisotopic (exact) mass is 196 g/mol. The number of methoxy groups -OCH3 is 1. The van der Waals surface area contributed by atoms with Crippen LogP contribution in [0.2, 0.25) is 0 Å². The van der Waals surface area contributed by atoms with Crippen LogP contribution in [0.25, 0.3) is 0 Å². The fourth-order valence-electron chi connectivity index (χ4n) is 1.57. The standard InChI is InChI=1S/C11H16O.2CH4/c1-7-6-8(2)11(12-5)10(4)9(7)3;;/h6H,1-5H3;2*1H4. The Hall–Kier alpha value is -0.980. The van der Waals surface area contributed by atoms with Crippen molar-refractivity contribution >= 4 is 0 Å².